The Bertz CT molecular complexity index is 701. The Morgan fingerprint density at radius 1 is 1.38 bits per heavy atom. The predicted molar refractivity (Wildman–Crippen MR) is 85.9 cm³/mol. The van der Waals surface area contributed by atoms with E-state index < -0.39 is 6.10 Å². The van der Waals surface area contributed by atoms with Crippen LogP contribution in [0.5, 0.6) is 0 Å². The molecule has 3 rings (SSSR count). The Balaban J connectivity index is 1.68. The molecule has 128 valence electrons. The van der Waals surface area contributed by atoms with Gasteiger partial charge in [-0.3, -0.25) is 9.89 Å². The quantitative estimate of drug-likeness (QED) is 0.797. The number of aromatic nitrogens is 2. The Labute approximate surface area is 139 Å². The number of aliphatic hydroxyl groups is 1. The molecule has 0 aliphatic heterocycles. The standard InChI is InChI=1S/C17H20FN3O3/c1-24-15-4-2-3-12(16(15)22)19-17(23)14-9-13(20-21-14)10-5-7-11(18)8-6-10/h5-9,12,15-16,22H,2-4H2,1H3,(H,19,23)(H,20,21)/t12-,15-,16-/m1/s1. The summed E-state index contributed by atoms with van der Waals surface area (Å²) in [5, 5.41) is 19.8. The minimum atomic E-state index is -0.729. The second-order valence-electron chi connectivity index (χ2n) is 5.95. The Hall–Kier alpha value is -2.25. The third kappa shape index (κ3) is 3.47. The number of halogens is 1. The predicted octanol–water partition coefficient (Wildman–Crippen LogP) is 1.87. The molecular formula is C17H20FN3O3. The number of carbonyl (C=O) groups is 1. The van der Waals surface area contributed by atoms with Gasteiger partial charge >= 0.3 is 0 Å². The van der Waals surface area contributed by atoms with Crippen molar-refractivity contribution in [2.75, 3.05) is 7.11 Å². The van der Waals surface area contributed by atoms with Crippen LogP contribution in [-0.2, 0) is 4.74 Å². The average molecular weight is 333 g/mol. The lowest BCUT2D eigenvalue weighted by atomic mass is 9.90. The van der Waals surface area contributed by atoms with Crippen LogP contribution in [0.1, 0.15) is 29.8 Å². The van der Waals surface area contributed by atoms with E-state index in [1.807, 2.05) is 0 Å². The third-order valence-corrected chi connectivity index (χ3v) is 4.38. The van der Waals surface area contributed by atoms with Gasteiger partial charge in [0.15, 0.2) is 0 Å². The first-order valence-corrected chi connectivity index (χ1v) is 7.91. The van der Waals surface area contributed by atoms with Crippen LogP contribution in [-0.4, -0.2) is 46.6 Å². The first kappa shape index (κ1) is 16.6. The number of nitrogens with zero attached hydrogens (tertiary/aromatic N) is 1. The van der Waals surface area contributed by atoms with Crippen LogP contribution in [0.2, 0.25) is 0 Å². The zero-order chi connectivity index (χ0) is 17.1. The van der Waals surface area contributed by atoms with Gasteiger partial charge in [-0.2, -0.15) is 5.10 Å². The zero-order valence-electron chi connectivity index (χ0n) is 13.3. The number of benzene rings is 1. The van der Waals surface area contributed by atoms with Crippen molar-refractivity contribution in [2.45, 2.75) is 37.5 Å². The van der Waals surface area contributed by atoms with E-state index in [4.69, 9.17) is 4.74 Å². The van der Waals surface area contributed by atoms with Crippen LogP contribution in [0, 0.1) is 5.82 Å². The number of hydrogen-bond donors (Lipinski definition) is 3. The first-order valence-electron chi connectivity index (χ1n) is 7.91. The number of carbonyl (C=O) groups excluding carboxylic acids is 1. The first-order chi connectivity index (χ1) is 11.6. The highest BCUT2D eigenvalue weighted by atomic mass is 19.1. The van der Waals surface area contributed by atoms with Gasteiger partial charge in [0.25, 0.3) is 5.91 Å². The van der Waals surface area contributed by atoms with Crippen molar-refractivity contribution >= 4 is 5.91 Å². The highest BCUT2D eigenvalue weighted by Gasteiger charge is 2.33. The SMILES string of the molecule is CO[C@@H]1CCC[C@@H](NC(=O)c2cc(-c3ccc(F)cc3)n[nH]2)[C@H]1O. The number of hydrogen-bond acceptors (Lipinski definition) is 4. The van der Waals surface area contributed by atoms with Crippen LogP contribution in [0.4, 0.5) is 4.39 Å². The van der Waals surface area contributed by atoms with Crippen molar-refractivity contribution in [3.8, 4) is 11.3 Å². The smallest absolute Gasteiger partial charge is 0.269 e. The lowest BCUT2D eigenvalue weighted by Crippen LogP contribution is -2.51. The molecule has 1 aromatic carbocycles. The summed E-state index contributed by atoms with van der Waals surface area (Å²) in [6.07, 6.45) is 1.37. The molecule has 2 aromatic rings. The van der Waals surface area contributed by atoms with Gasteiger partial charge in [0.2, 0.25) is 0 Å². The summed E-state index contributed by atoms with van der Waals surface area (Å²) in [7, 11) is 1.56. The van der Waals surface area contributed by atoms with E-state index in [0.717, 1.165) is 12.8 Å². The van der Waals surface area contributed by atoms with Gasteiger partial charge in [0.05, 0.1) is 17.8 Å². The number of ether oxygens (including phenoxy) is 1. The Morgan fingerprint density at radius 2 is 2.12 bits per heavy atom. The lowest BCUT2D eigenvalue weighted by Gasteiger charge is -2.34. The molecule has 1 aromatic heterocycles. The molecule has 0 radical (unpaired) electrons. The number of nitrogens with one attached hydrogen (secondary N) is 2. The highest BCUT2D eigenvalue weighted by Crippen LogP contribution is 2.22. The molecule has 1 amide bonds. The second kappa shape index (κ2) is 7.11. The van der Waals surface area contributed by atoms with Crippen molar-refractivity contribution in [3.05, 3.63) is 41.8 Å². The van der Waals surface area contributed by atoms with Crippen molar-refractivity contribution in [1.29, 1.82) is 0 Å². The third-order valence-electron chi connectivity index (χ3n) is 4.38. The largest absolute Gasteiger partial charge is 0.388 e. The fourth-order valence-electron chi connectivity index (χ4n) is 3.01. The molecule has 0 saturated heterocycles. The van der Waals surface area contributed by atoms with Crippen LogP contribution >= 0.6 is 0 Å². The zero-order valence-corrected chi connectivity index (χ0v) is 13.3. The van der Waals surface area contributed by atoms with E-state index in [1.54, 1.807) is 25.3 Å². The van der Waals surface area contributed by atoms with Crippen molar-refractivity contribution < 1.29 is 19.0 Å². The summed E-state index contributed by atoms with van der Waals surface area (Å²) in [5.74, 6) is -0.664. The maximum atomic E-state index is 13.0. The lowest BCUT2D eigenvalue weighted by molar-refractivity contribution is -0.0513. The summed E-state index contributed by atoms with van der Waals surface area (Å²) in [5.41, 5.74) is 1.56. The van der Waals surface area contributed by atoms with Gasteiger partial charge < -0.3 is 15.2 Å². The van der Waals surface area contributed by atoms with Crippen LogP contribution in [0.15, 0.2) is 30.3 Å². The Kier molecular flexibility index (Phi) is 4.92. The van der Waals surface area contributed by atoms with E-state index >= 15 is 0 Å². The number of amides is 1. The van der Waals surface area contributed by atoms with E-state index in [-0.39, 0.29) is 23.9 Å². The molecule has 0 bridgehead atoms. The van der Waals surface area contributed by atoms with Gasteiger partial charge in [-0.1, -0.05) is 0 Å². The van der Waals surface area contributed by atoms with Gasteiger partial charge in [0, 0.05) is 12.7 Å². The molecule has 1 fully saturated rings. The summed E-state index contributed by atoms with van der Waals surface area (Å²) in [4.78, 5) is 12.4. The maximum absolute atomic E-state index is 13.0. The van der Waals surface area contributed by atoms with Crippen LogP contribution < -0.4 is 5.32 Å². The number of aliphatic hydroxyl groups excluding tert-OH is 1. The summed E-state index contributed by atoms with van der Waals surface area (Å²) >= 11 is 0. The molecule has 7 heteroatoms. The second-order valence-corrected chi connectivity index (χ2v) is 5.95. The number of methoxy groups -OCH3 is 1. The molecule has 0 spiro atoms. The molecule has 1 heterocycles. The van der Waals surface area contributed by atoms with Crippen LogP contribution in [0.3, 0.4) is 0 Å². The van der Waals surface area contributed by atoms with Crippen molar-refractivity contribution in [3.63, 3.8) is 0 Å². The van der Waals surface area contributed by atoms with Gasteiger partial charge in [-0.05, 0) is 49.6 Å². The normalized spacial score (nSPS) is 23.9. The summed E-state index contributed by atoms with van der Waals surface area (Å²) < 4.78 is 18.2. The van der Waals surface area contributed by atoms with E-state index in [1.165, 1.54) is 12.1 Å². The van der Waals surface area contributed by atoms with Crippen molar-refractivity contribution in [2.24, 2.45) is 0 Å². The average Bonchev–Trinajstić information content (AvgIpc) is 3.07. The molecule has 3 N–H and O–H groups in total. The molecule has 3 atom stereocenters. The van der Waals surface area contributed by atoms with Crippen molar-refractivity contribution in [1.82, 2.24) is 15.5 Å². The number of H-pyrrole nitrogens is 1. The summed E-state index contributed by atoms with van der Waals surface area (Å²) in [6.45, 7) is 0. The fourth-order valence-corrected chi connectivity index (χ4v) is 3.01. The monoisotopic (exact) mass is 333 g/mol. The fraction of sp³-hybridized carbons (Fsp3) is 0.412. The molecule has 1 aliphatic carbocycles. The van der Waals surface area contributed by atoms with Gasteiger partial charge in [-0.25, -0.2) is 4.39 Å². The minimum Gasteiger partial charge on any atom is -0.388 e. The topological polar surface area (TPSA) is 87.2 Å². The Morgan fingerprint density at radius 3 is 2.83 bits per heavy atom. The minimum absolute atomic E-state index is 0.263. The van der Waals surface area contributed by atoms with E-state index in [2.05, 4.69) is 15.5 Å². The van der Waals surface area contributed by atoms with E-state index in [9.17, 15) is 14.3 Å². The molecule has 1 aliphatic rings. The highest BCUT2D eigenvalue weighted by molar-refractivity contribution is 5.93. The van der Waals surface area contributed by atoms with Gasteiger partial charge in [0.1, 0.15) is 17.6 Å². The van der Waals surface area contributed by atoms with Gasteiger partial charge in [-0.15, -0.1) is 0 Å². The molecule has 1 saturated carbocycles. The number of aromatic amines is 1. The molecule has 6 nitrogen and oxygen atoms in total. The van der Waals surface area contributed by atoms with Crippen LogP contribution in [0.25, 0.3) is 11.3 Å². The van der Waals surface area contributed by atoms with E-state index in [0.29, 0.717) is 23.4 Å². The number of rotatable bonds is 4. The molecular weight excluding hydrogens is 313 g/mol. The molecule has 0 unspecified atom stereocenters. The molecule has 24 heavy (non-hydrogen) atoms. The maximum Gasteiger partial charge on any atom is 0.269 e. The summed E-state index contributed by atoms with van der Waals surface area (Å²) in [6, 6.07) is 7.13.